The first-order valence-corrected chi connectivity index (χ1v) is 8.29. The third-order valence-corrected chi connectivity index (χ3v) is 5.33. The van der Waals surface area contributed by atoms with Gasteiger partial charge in [0, 0.05) is 37.4 Å². The van der Waals surface area contributed by atoms with Crippen LogP contribution in [-0.2, 0) is 0 Å². The predicted octanol–water partition coefficient (Wildman–Crippen LogP) is 1.43. The molecule has 4 rings (SSSR count). The van der Waals surface area contributed by atoms with E-state index in [9.17, 15) is 5.11 Å². The minimum absolute atomic E-state index is 0.0806. The molecule has 1 aliphatic heterocycles. The van der Waals surface area contributed by atoms with Gasteiger partial charge in [-0.25, -0.2) is 9.97 Å². The fourth-order valence-corrected chi connectivity index (χ4v) is 3.85. The molecule has 3 fully saturated rings. The molecule has 5 heteroatoms. The number of likely N-dealkylation sites (tertiary alicyclic amines) is 1. The van der Waals surface area contributed by atoms with E-state index in [0.29, 0.717) is 18.1 Å². The zero-order chi connectivity index (χ0) is 14.2. The fraction of sp³-hybridized carbons (Fsp3) is 0.750. The summed E-state index contributed by atoms with van der Waals surface area (Å²) in [7, 11) is 0. The molecule has 2 heterocycles. The van der Waals surface area contributed by atoms with Crippen LogP contribution in [0.3, 0.4) is 0 Å². The predicted molar refractivity (Wildman–Crippen MR) is 81.2 cm³/mol. The van der Waals surface area contributed by atoms with Crippen LogP contribution in [0.5, 0.6) is 0 Å². The van der Waals surface area contributed by atoms with Crippen molar-refractivity contribution >= 4 is 5.82 Å². The Hall–Kier alpha value is -1.20. The largest absolute Gasteiger partial charge is 0.391 e. The number of anilines is 1. The molecular weight excluding hydrogens is 264 g/mol. The first-order valence-electron chi connectivity index (χ1n) is 8.29. The summed E-state index contributed by atoms with van der Waals surface area (Å²) >= 11 is 0. The number of aromatic nitrogens is 2. The average Bonchev–Trinajstić information content (AvgIpc) is 3.34. The van der Waals surface area contributed by atoms with Crippen molar-refractivity contribution in [3.05, 3.63) is 18.6 Å². The Morgan fingerprint density at radius 2 is 1.81 bits per heavy atom. The third kappa shape index (κ3) is 2.64. The van der Waals surface area contributed by atoms with E-state index in [-0.39, 0.29) is 6.10 Å². The average molecular weight is 288 g/mol. The van der Waals surface area contributed by atoms with Crippen LogP contribution in [0.2, 0.25) is 0 Å². The normalized spacial score (nSPS) is 30.9. The van der Waals surface area contributed by atoms with E-state index in [2.05, 4.69) is 19.8 Å². The first-order chi connectivity index (χ1) is 10.3. The van der Waals surface area contributed by atoms with Crippen molar-refractivity contribution in [2.75, 3.05) is 18.0 Å². The summed E-state index contributed by atoms with van der Waals surface area (Å²) < 4.78 is 0. The topological polar surface area (TPSA) is 52.5 Å². The summed E-state index contributed by atoms with van der Waals surface area (Å²) in [5, 5.41) is 9.84. The van der Waals surface area contributed by atoms with Gasteiger partial charge in [-0.3, -0.25) is 4.90 Å². The van der Waals surface area contributed by atoms with E-state index in [1.54, 1.807) is 6.33 Å². The van der Waals surface area contributed by atoms with Gasteiger partial charge in [-0.2, -0.15) is 0 Å². The summed E-state index contributed by atoms with van der Waals surface area (Å²) in [6.45, 7) is 2.22. The SMILES string of the molecule is OC1CCC1N1CCC(N(c2ccncn2)C2CC2)CC1. The van der Waals surface area contributed by atoms with Crippen LogP contribution in [0.4, 0.5) is 5.82 Å². The number of aliphatic hydroxyl groups excluding tert-OH is 1. The smallest absolute Gasteiger partial charge is 0.132 e. The van der Waals surface area contributed by atoms with Gasteiger partial charge in [0.15, 0.2) is 0 Å². The Morgan fingerprint density at radius 3 is 2.33 bits per heavy atom. The number of hydrogen-bond donors (Lipinski definition) is 1. The standard InChI is InChI=1S/C16H24N4O/c21-15-4-3-14(15)19-9-6-13(7-10-19)20(12-1-2-12)16-5-8-17-11-18-16/h5,8,11-15,21H,1-4,6-7,9-10H2. The molecule has 0 spiro atoms. The van der Waals surface area contributed by atoms with Crippen LogP contribution in [0.25, 0.3) is 0 Å². The van der Waals surface area contributed by atoms with Gasteiger partial charge in [-0.05, 0) is 44.6 Å². The quantitative estimate of drug-likeness (QED) is 0.908. The summed E-state index contributed by atoms with van der Waals surface area (Å²) in [5.41, 5.74) is 0. The van der Waals surface area contributed by atoms with Crippen LogP contribution in [0.15, 0.2) is 18.6 Å². The third-order valence-electron chi connectivity index (χ3n) is 5.33. The van der Waals surface area contributed by atoms with Crippen LogP contribution in [0, 0.1) is 0 Å². The maximum Gasteiger partial charge on any atom is 0.132 e. The summed E-state index contributed by atoms with van der Waals surface area (Å²) in [6.07, 6.45) is 10.5. The highest BCUT2D eigenvalue weighted by atomic mass is 16.3. The molecule has 21 heavy (non-hydrogen) atoms. The lowest BCUT2D eigenvalue weighted by molar-refractivity contribution is -0.0301. The van der Waals surface area contributed by atoms with Gasteiger partial charge in [0.2, 0.25) is 0 Å². The van der Waals surface area contributed by atoms with Crippen molar-refractivity contribution in [2.45, 2.75) is 62.8 Å². The second-order valence-corrected chi connectivity index (χ2v) is 6.69. The molecule has 1 saturated heterocycles. The molecule has 2 aliphatic carbocycles. The molecule has 2 atom stereocenters. The lowest BCUT2D eigenvalue weighted by Gasteiger charge is -2.46. The Balaban J connectivity index is 1.42. The fourth-order valence-electron chi connectivity index (χ4n) is 3.85. The van der Waals surface area contributed by atoms with E-state index in [4.69, 9.17) is 0 Å². The molecule has 3 aliphatic rings. The molecule has 0 radical (unpaired) electrons. The first kappa shape index (κ1) is 13.5. The van der Waals surface area contributed by atoms with E-state index < -0.39 is 0 Å². The lowest BCUT2D eigenvalue weighted by atomic mass is 9.86. The summed E-state index contributed by atoms with van der Waals surface area (Å²) in [6, 6.07) is 3.76. The minimum atomic E-state index is -0.0806. The molecule has 2 unspecified atom stereocenters. The monoisotopic (exact) mass is 288 g/mol. The summed E-state index contributed by atoms with van der Waals surface area (Å²) in [4.78, 5) is 13.5. The van der Waals surface area contributed by atoms with E-state index in [1.807, 2.05) is 12.3 Å². The second-order valence-electron chi connectivity index (χ2n) is 6.69. The van der Waals surface area contributed by atoms with Crippen molar-refractivity contribution in [3.8, 4) is 0 Å². The molecular formula is C16H24N4O. The van der Waals surface area contributed by atoms with Gasteiger partial charge in [-0.15, -0.1) is 0 Å². The lowest BCUT2D eigenvalue weighted by Crippen LogP contribution is -2.55. The Labute approximate surface area is 126 Å². The zero-order valence-electron chi connectivity index (χ0n) is 12.4. The van der Waals surface area contributed by atoms with Gasteiger partial charge in [0.05, 0.1) is 6.10 Å². The number of nitrogens with zero attached hydrogens (tertiary/aromatic N) is 4. The highest BCUT2D eigenvalue weighted by Gasteiger charge is 2.40. The number of hydrogen-bond acceptors (Lipinski definition) is 5. The van der Waals surface area contributed by atoms with Crippen molar-refractivity contribution in [2.24, 2.45) is 0 Å². The maximum atomic E-state index is 9.84. The highest BCUT2D eigenvalue weighted by molar-refractivity contribution is 5.41. The molecule has 114 valence electrons. The molecule has 1 aromatic rings. The molecule has 0 aromatic carbocycles. The molecule has 0 amide bonds. The molecule has 1 aromatic heterocycles. The Bertz CT molecular complexity index is 470. The highest BCUT2D eigenvalue weighted by Crippen LogP contribution is 2.36. The van der Waals surface area contributed by atoms with Crippen LogP contribution in [-0.4, -0.2) is 57.3 Å². The van der Waals surface area contributed by atoms with Crippen LogP contribution in [0.1, 0.15) is 38.5 Å². The van der Waals surface area contributed by atoms with Crippen molar-refractivity contribution in [1.82, 2.24) is 14.9 Å². The Morgan fingerprint density at radius 1 is 1.05 bits per heavy atom. The van der Waals surface area contributed by atoms with Gasteiger partial charge in [-0.1, -0.05) is 0 Å². The summed E-state index contributed by atoms with van der Waals surface area (Å²) in [5.74, 6) is 1.09. The molecule has 1 N–H and O–H groups in total. The number of piperidine rings is 1. The van der Waals surface area contributed by atoms with Crippen molar-refractivity contribution in [3.63, 3.8) is 0 Å². The van der Waals surface area contributed by atoms with Crippen LogP contribution >= 0.6 is 0 Å². The van der Waals surface area contributed by atoms with E-state index >= 15 is 0 Å². The van der Waals surface area contributed by atoms with Gasteiger partial charge < -0.3 is 10.0 Å². The van der Waals surface area contributed by atoms with Gasteiger partial charge in [0.1, 0.15) is 12.1 Å². The van der Waals surface area contributed by atoms with Gasteiger partial charge in [0.25, 0.3) is 0 Å². The molecule has 5 nitrogen and oxygen atoms in total. The van der Waals surface area contributed by atoms with Crippen LogP contribution < -0.4 is 4.90 Å². The molecule has 2 saturated carbocycles. The Kier molecular flexibility index (Phi) is 3.55. The maximum absolute atomic E-state index is 9.84. The zero-order valence-corrected chi connectivity index (χ0v) is 12.4. The van der Waals surface area contributed by atoms with E-state index in [1.165, 1.54) is 32.1 Å². The molecule has 0 bridgehead atoms. The number of rotatable bonds is 4. The van der Waals surface area contributed by atoms with Crippen molar-refractivity contribution < 1.29 is 5.11 Å². The minimum Gasteiger partial charge on any atom is -0.391 e. The van der Waals surface area contributed by atoms with Gasteiger partial charge >= 0.3 is 0 Å². The van der Waals surface area contributed by atoms with Crippen molar-refractivity contribution in [1.29, 1.82) is 0 Å². The van der Waals surface area contributed by atoms with E-state index in [0.717, 1.165) is 25.3 Å². The second kappa shape index (κ2) is 5.54. The number of aliphatic hydroxyl groups is 1.